The molecule has 50 valence electrons. The molecule has 0 aromatic carbocycles. The van der Waals surface area contributed by atoms with Crippen LogP contribution in [-0.2, 0) is 4.79 Å². The summed E-state index contributed by atoms with van der Waals surface area (Å²) in [5.41, 5.74) is 1.12. The topological polar surface area (TPSA) is 55.2 Å². The fraction of sp³-hybridized carbons (Fsp3) is 0. The molecule has 0 unspecified atom stereocenters. The third-order valence-electron chi connectivity index (χ3n) is 1.44. The van der Waals surface area contributed by atoms with Gasteiger partial charge in [0.25, 0.3) is 5.91 Å². The van der Waals surface area contributed by atoms with Crippen LogP contribution in [0.1, 0.15) is 0 Å². The number of fused-ring (bicyclic) bond motifs is 1. The van der Waals surface area contributed by atoms with Crippen molar-refractivity contribution in [1.29, 1.82) is 0 Å². The molecule has 0 fully saturated rings. The molecule has 2 aliphatic rings. The predicted octanol–water partition coefficient (Wildman–Crippen LogP) is -0.521. The van der Waals surface area contributed by atoms with E-state index >= 15 is 0 Å². The molecule has 1 amide bonds. The highest BCUT2D eigenvalue weighted by atomic mass is 16.5. The number of hydrogen-bond donors (Lipinski definition) is 1. The van der Waals surface area contributed by atoms with Gasteiger partial charge in [-0.1, -0.05) is 0 Å². The number of amides is 1. The first-order valence-corrected chi connectivity index (χ1v) is 2.81. The minimum atomic E-state index is -0.204. The average Bonchev–Trinajstić information content (AvgIpc) is 2.35. The van der Waals surface area contributed by atoms with Gasteiger partial charge in [0.1, 0.15) is 5.57 Å². The van der Waals surface area contributed by atoms with Crippen LogP contribution in [-0.4, -0.2) is 16.9 Å². The Morgan fingerprint density at radius 1 is 1.60 bits per heavy atom. The Bertz CT molecular complexity index is 299. The molecule has 1 N–H and O–H groups in total. The van der Waals surface area contributed by atoms with E-state index in [0.29, 0.717) is 15.9 Å². The van der Waals surface area contributed by atoms with Gasteiger partial charge in [-0.05, 0) is 0 Å². The van der Waals surface area contributed by atoms with Gasteiger partial charge in [0, 0.05) is 6.20 Å². The maximum absolute atomic E-state index is 10.8. The van der Waals surface area contributed by atoms with Crippen molar-refractivity contribution in [2.24, 2.45) is 0 Å². The summed E-state index contributed by atoms with van der Waals surface area (Å²) in [4.78, 5) is 10.8. The summed E-state index contributed by atoms with van der Waals surface area (Å²) in [5.74, 6) is -0.204. The zero-order chi connectivity index (χ0) is 7.14. The first-order valence-electron chi connectivity index (χ1n) is 2.81. The average molecular weight is 136 g/mol. The van der Waals surface area contributed by atoms with E-state index in [1.54, 1.807) is 0 Å². The Balaban J connectivity index is 2.51. The predicted molar refractivity (Wildman–Crippen MR) is 34.0 cm³/mol. The van der Waals surface area contributed by atoms with E-state index < -0.39 is 0 Å². The van der Waals surface area contributed by atoms with Crippen molar-refractivity contribution in [2.45, 2.75) is 0 Å². The summed E-state index contributed by atoms with van der Waals surface area (Å²) in [7, 11) is 0. The number of hydrogen-bond acceptors (Lipinski definition) is 2. The lowest BCUT2D eigenvalue weighted by molar-refractivity contribution is -0.369. The monoisotopic (exact) mass is 136 g/mol. The maximum atomic E-state index is 10.8. The van der Waals surface area contributed by atoms with Crippen molar-refractivity contribution in [2.75, 3.05) is 0 Å². The summed E-state index contributed by atoms with van der Waals surface area (Å²) in [6, 6.07) is 0. The molecule has 2 heterocycles. The van der Waals surface area contributed by atoms with Crippen molar-refractivity contribution in [1.82, 2.24) is 5.32 Å². The quantitative estimate of drug-likeness (QED) is 0.360. The number of carbonyl (C=O) groups is 1. The van der Waals surface area contributed by atoms with Crippen LogP contribution in [0.3, 0.4) is 0 Å². The molecule has 0 atom stereocenters. The summed E-state index contributed by atoms with van der Waals surface area (Å²) in [5, 5.41) is 13.0. The second kappa shape index (κ2) is 1.47. The summed E-state index contributed by atoms with van der Waals surface area (Å²) < 4.78 is 0.625. The zero-order valence-electron chi connectivity index (χ0n) is 5.00. The third-order valence-corrected chi connectivity index (χ3v) is 1.44. The second-order valence-electron chi connectivity index (χ2n) is 2.10. The molecule has 0 aromatic rings. The van der Waals surface area contributed by atoms with Crippen LogP contribution in [0, 0.1) is 5.21 Å². The van der Waals surface area contributed by atoms with Crippen LogP contribution >= 0.6 is 0 Å². The minimum Gasteiger partial charge on any atom is -0.619 e. The Morgan fingerprint density at radius 2 is 2.40 bits per heavy atom. The van der Waals surface area contributed by atoms with Gasteiger partial charge in [-0.15, -0.1) is 0 Å². The van der Waals surface area contributed by atoms with Crippen LogP contribution < -0.4 is 5.32 Å². The van der Waals surface area contributed by atoms with E-state index in [2.05, 4.69) is 5.32 Å². The number of rotatable bonds is 0. The van der Waals surface area contributed by atoms with Crippen molar-refractivity contribution in [3.05, 3.63) is 28.8 Å². The van der Waals surface area contributed by atoms with Gasteiger partial charge in [0.05, 0.1) is 5.57 Å². The Labute approximate surface area is 56.7 Å². The minimum absolute atomic E-state index is 0.204. The second-order valence-corrected chi connectivity index (χ2v) is 2.10. The molecule has 0 saturated heterocycles. The van der Waals surface area contributed by atoms with E-state index in [4.69, 9.17) is 0 Å². The van der Waals surface area contributed by atoms with Crippen LogP contribution in [0.4, 0.5) is 0 Å². The highest BCUT2D eigenvalue weighted by Crippen LogP contribution is 2.16. The molecular formula is C6H4N2O2. The SMILES string of the molecule is O=C1NC=C2C=[N+]([O-])C=C12. The molecule has 2 rings (SSSR count). The summed E-state index contributed by atoms with van der Waals surface area (Å²) >= 11 is 0. The lowest BCUT2D eigenvalue weighted by atomic mass is 10.2. The Morgan fingerprint density at radius 3 is 3.10 bits per heavy atom. The number of nitrogens with zero attached hydrogens (tertiary/aromatic N) is 1. The van der Waals surface area contributed by atoms with Gasteiger partial charge in [0.2, 0.25) is 0 Å². The van der Waals surface area contributed by atoms with Crippen molar-refractivity contribution in [3.8, 4) is 0 Å². The molecule has 10 heavy (non-hydrogen) atoms. The molecule has 4 nitrogen and oxygen atoms in total. The number of carbonyl (C=O) groups excluding carboxylic acids is 1. The number of hydroxylamine groups is 1. The fourth-order valence-electron chi connectivity index (χ4n) is 0.971. The fourth-order valence-corrected chi connectivity index (χ4v) is 0.971. The van der Waals surface area contributed by atoms with Gasteiger partial charge in [-0.25, -0.2) is 0 Å². The molecule has 0 bridgehead atoms. The van der Waals surface area contributed by atoms with Crippen molar-refractivity contribution >= 4 is 12.1 Å². The molecular weight excluding hydrogens is 132 g/mol. The van der Waals surface area contributed by atoms with Crippen LogP contribution in [0.15, 0.2) is 23.5 Å². The van der Waals surface area contributed by atoms with E-state index in [1.165, 1.54) is 18.6 Å². The first kappa shape index (κ1) is 5.22. The smallest absolute Gasteiger partial charge is 0.262 e. The van der Waals surface area contributed by atoms with Gasteiger partial charge < -0.3 is 10.5 Å². The van der Waals surface area contributed by atoms with Crippen molar-refractivity contribution < 1.29 is 9.53 Å². The van der Waals surface area contributed by atoms with Gasteiger partial charge >= 0.3 is 0 Å². The highest BCUT2D eigenvalue weighted by molar-refractivity contribution is 6.10. The molecule has 0 spiro atoms. The van der Waals surface area contributed by atoms with Crippen molar-refractivity contribution in [3.63, 3.8) is 0 Å². The van der Waals surface area contributed by atoms with Crippen LogP contribution in [0.25, 0.3) is 0 Å². The van der Waals surface area contributed by atoms with E-state index in [-0.39, 0.29) is 5.91 Å². The molecule has 4 heteroatoms. The Hall–Kier alpha value is -1.58. The largest absolute Gasteiger partial charge is 0.619 e. The third kappa shape index (κ3) is 0.500. The lowest BCUT2D eigenvalue weighted by Gasteiger charge is -1.88. The first-order chi connectivity index (χ1) is 4.77. The van der Waals surface area contributed by atoms with Crippen LogP contribution in [0.5, 0.6) is 0 Å². The zero-order valence-corrected chi connectivity index (χ0v) is 5.00. The molecule has 2 aliphatic heterocycles. The van der Waals surface area contributed by atoms with Gasteiger partial charge in [0.15, 0.2) is 12.4 Å². The Kier molecular flexibility index (Phi) is 0.768. The van der Waals surface area contributed by atoms with Crippen LogP contribution in [0.2, 0.25) is 0 Å². The molecule has 0 aliphatic carbocycles. The van der Waals surface area contributed by atoms with E-state index in [1.807, 2.05) is 0 Å². The standard InChI is InChI=1S/C6H4N2O2/c9-6-5-3-8(10)2-4(5)1-7-6/h1-3H,(H,7,9). The van der Waals surface area contributed by atoms with E-state index in [9.17, 15) is 10.0 Å². The molecule has 0 aromatic heterocycles. The van der Waals surface area contributed by atoms with Gasteiger partial charge in [-0.3, -0.25) is 4.79 Å². The highest BCUT2D eigenvalue weighted by Gasteiger charge is 2.27. The summed E-state index contributed by atoms with van der Waals surface area (Å²) in [6.45, 7) is 0. The normalized spacial score (nSPS) is 21.2. The van der Waals surface area contributed by atoms with Gasteiger partial charge in [-0.2, -0.15) is 4.74 Å². The number of nitrogens with one attached hydrogen (secondary N) is 1. The summed E-state index contributed by atoms with van der Waals surface area (Å²) in [6.07, 6.45) is 4.13. The lowest BCUT2D eigenvalue weighted by Crippen LogP contribution is -2.11. The van der Waals surface area contributed by atoms with E-state index in [0.717, 1.165) is 0 Å². The molecule has 0 radical (unpaired) electrons. The molecule has 0 saturated carbocycles. The maximum Gasteiger partial charge on any atom is 0.262 e.